The van der Waals surface area contributed by atoms with E-state index in [-0.39, 0.29) is 16.4 Å². The van der Waals surface area contributed by atoms with Crippen LogP contribution in [0.2, 0.25) is 0 Å². The predicted octanol–water partition coefficient (Wildman–Crippen LogP) is 4.30. The second-order valence-electron chi connectivity index (χ2n) is 5.38. The van der Waals surface area contributed by atoms with E-state index in [1.54, 1.807) is 0 Å². The van der Waals surface area contributed by atoms with Crippen molar-refractivity contribution in [3.05, 3.63) is 52.5 Å². The summed E-state index contributed by atoms with van der Waals surface area (Å²) < 4.78 is 58.8. The van der Waals surface area contributed by atoms with Crippen molar-refractivity contribution in [3.8, 4) is 11.5 Å². The van der Waals surface area contributed by atoms with E-state index in [0.29, 0.717) is 17.6 Å². The molecule has 1 aliphatic rings. The minimum absolute atomic E-state index is 0.142. The minimum atomic E-state index is -3.54. The Labute approximate surface area is 147 Å². The second kappa shape index (κ2) is 6.78. The largest absolute Gasteiger partial charge is 0.453 e. The van der Waals surface area contributed by atoms with E-state index in [2.05, 4.69) is 15.9 Å². The molecule has 0 aliphatic carbocycles. The predicted molar refractivity (Wildman–Crippen MR) is 88.6 cm³/mol. The lowest BCUT2D eigenvalue weighted by Gasteiger charge is -2.16. The third-order valence-corrected chi connectivity index (χ3v) is 6.23. The molecule has 0 amide bonds. The Hall–Kier alpha value is -1.51. The van der Waals surface area contributed by atoms with Crippen molar-refractivity contribution in [2.24, 2.45) is 0 Å². The van der Waals surface area contributed by atoms with Crippen LogP contribution in [-0.4, -0.2) is 25.8 Å². The summed E-state index contributed by atoms with van der Waals surface area (Å²) in [5.74, 6) is -1.45. The Balaban J connectivity index is 1.87. The number of rotatable bonds is 4. The Morgan fingerprint density at radius 3 is 2.29 bits per heavy atom. The van der Waals surface area contributed by atoms with Gasteiger partial charge in [-0.25, -0.2) is 17.2 Å². The van der Waals surface area contributed by atoms with Crippen LogP contribution in [0.1, 0.15) is 12.8 Å². The summed E-state index contributed by atoms with van der Waals surface area (Å²) in [6.07, 6.45) is 1.71. The maximum absolute atomic E-state index is 13.7. The van der Waals surface area contributed by atoms with E-state index in [1.807, 2.05) is 0 Å². The van der Waals surface area contributed by atoms with Crippen LogP contribution in [-0.2, 0) is 10.0 Å². The van der Waals surface area contributed by atoms with E-state index >= 15 is 0 Å². The van der Waals surface area contributed by atoms with E-state index in [4.69, 9.17) is 4.74 Å². The lowest BCUT2D eigenvalue weighted by Crippen LogP contribution is -2.27. The Kier molecular flexibility index (Phi) is 4.89. The third-order valence-electron chi connectivity index (χ3n) is 3.72. The standard InChI is InChI=1S/C16H14BrF2NO3S/c17-13-10-12(24(21,22)20-7-1-2-8-20)4-6-15(13)23-16-5-3-11(18)9-14(16)19/h3-6,9-10H,1-2,7-8H2. The number of halogens is 3. The molecule has 0 bridgehead atoms. The van der Waals surface area contributed by atoms with E-state index in [0.717, 1.165) is 25.0 Å². The summed E-state index contributed by atoms with van der Waals surface area (Å²) in [4.78, 5) is 0.142. The van der Waals surface area contributed by atoms with Gasteiger partial charge < -0.3 is 4.74 Å². The average Bonchev–Trinajstić information content (AvgIpc) is 3.06. The molecular formula is C16H14BrF2NO3S. The van der Waals surface area contributed by atoms with Gasteiger partial charge in [-0.15, -0.1) is 0 Å². The number of benzene rings is 2. The third kappa shape index (κ3) is 3.45. The fourth-order valence-electron chi connectivity index (χ4n) is 2.48. The first-order valence-electron chi connectivity index (χ1n) is 7.30. The second-order valence-corrected chi connectivity index (χ2v) is 8.17. The average molecular weight is 418 g/mol. The molecule has 8 heteroatoms. The van der Waals surface area contributed by atoms with Crippen LogP contribution >= 0.6 is 15.9 Å². The summed E-state index contributed by atoms with van der Waals surface area (Å²) in [5.41, 5.74) is 0. The Morgan fingerprint density at radius 1 is 1.00 bits per heavy atom. The molecule has 1 saturated heterocycles. The highest BCUT2D eigenvalue weighted by molar-refractivity contribution is 9.10. The van der Waals surface area contributed by atoms with Gasteiger partial charge in [-0.2, -0.15) is 4.31 Å². The fraction of sp³-hybridized carbons (Fsp3) is 0.250. The molecule has 0 spiro atoms. The number of hydrogen-bond donors (Lipinski definition) is 0. The molecular weight excluding hydrogens is 404 g/mol. The van der Waals surface area contributed by atoms with Crippen LogP contribution in [0.15, 0.2) is 45.8 Å². The topological polar surface area (TPSA) is 46.6 Å². The van der Waals surface area contributed by atoms with Crippen molar-refractivity contribution in [3.63, 3.8) is 0 Å². The maximum Gasteiger partial charge on any atom is 0.243 e. The summed E-state index contributed by atoms with van der Waals surface area (Å²) >= 11 is 3.24. The van der Waals surface area contributed by atoms with Crippen LogP contribution in [0.3, 0.4) is 0 Å². The SMILES string of the molecule is O=S(=O)(c1ccc(Oc2ccc(F)cc2F)c(Br)c1)N1CCCC1. The lowest BCUT2D eigenvalue weighted by atomic mass is 10.3. The van der Waals surface area contributed by atoms with Crippen LogP contribution < -0.4 is 4.74 Å². The zero-order valence-corrected chi connectivity index (χ0v) is 14.9. The number of hydrogen-bond acceptors (Lipinski definition) is 3. The summed E-state index contributed by atoms with van der Waals surface area (Å²) in [6, 6.07) is 7.25. The van der Waals surface area contributed by atoms with Gasteiger partial charge in [0, 0.05) is 19.2 Å². The Bertz CT molecular complexity index is 868. The van der Waals surface area contributed by atoms with E-state index in [9.17, 15) is 17.2 Å². The van der Waals surface area contributed by atoms with Gasteiger partial charge in [-0.1, -0.05) is 0 Å². The molecule has 24 heavy (non-hydrogen) atoms. The van der Waals surface area contributed by atoms with Gasteiger partial charge in [0.1, 0.15) is 11.6 Å². The fourth-order valence-corrected chi connectivity index (χ4v) is 4.63. The van der Waals surface area contributed by atoms with Crippen molar-refractivity contribution >= 4 is 26.0 Å². The molecule has 0 unspecified atom stereocenters. The molecule has 1 fully saturated rings. The number of sulfonamides is 1. The van der Waals surface area contributed by atoms with Crippen LogP contribution in [0.25, 0.3) is 0 Å². The highest BCUT2D eigenvalue weighted by Crippen LogP contribution is 2.34. The van der Waals surface area contributed by atoms with Crippen LogP contribution in [0.4, 0.5) is 8.78 Å². The van der Waals surface area contributed by atoms with Crippen molar-refractivity contribution in [1.82, 2.24) is 4.31 Å². The quantitative estimate of drug-likeness (QED) is 0.744. The first kappa shape index (κ1) is 17.3. The molecule has 2 aromatic rings. The highest BCUT2D eigenvalue weighted by atomic mass is 79.9. The lowest BCUT2D eigenvalue weighted by molar-refractivity contribution is 0.435. The molecule has 0 atom stereocenters. The molecule has 128 valence electrons. The molecule has 1 aliphatic heterocycles. The van der Waals surface area contributed by atoms with Crippen molar-refractivity contribution in [1.29, 1.82) is 0 Å². The number of ether oxygens (including phenoxy) is 1. The number of nitrogens with zero attached hydrogens (tertiary/aromatic N) is 1. The van der Waals surface area contributed by atoms with Crippen molar-refractivity contribution < 1.29 is 21.9 Å². The Morgan fingerprint density at radius 2 is 1.67 bits per heavy atom. The zero-order chi connectivity index (χ0) is 17.3. The maximum atomic E-state index is 13.7. The van der Waals surface area contributed by atoms with Gasteiger partial charge in [0.2, 0.25) is 10.0 Å². The molecule has 0 N–H and O–H groups in total. The molecule has 4 nitrogen and oxygen atoms in total. The minimum Gasteiger partial charge on any atom is -0.453 e. The molecule has 0 aromatic heterocycles. The van der Waals surface area contributed by atoms with E-state index in [1.165, 1.54) is 28.6 Å². The van der Waals surface area contributed by atoms with Crippen LogP contribution in [0.5, 0.6) is 11.5 Å². The monoisotopic (exact) mass is 417 g/mol. The molecule has 3 rings (SSSR count). The van der Waals surface area contributed by atoms with E-state index < -0.39 is 21.7 Å². The van der Waals surface area contributed by atoms with Crippen molar-refractivity contribution in [2.45, 2.75) is 17.7 Å². The summed E-state index contributed by atoms with van der Waals surface area (Å²) in [5, 5.41) is 0. The summed E-state index contributed by atoms with van der Waals surface area (Å²) in [6.45, 7) is 1.03. The highest BCUT2D eigenvalue weighted by Gasteiger charge is 2.27. The molecule has 0 saturated carbocycles. The molecule has 0 radical (unpaired) electrons. The van der Waals surface area contributed by atoms with Gasteiger partial charge >= 0.3 is 0 Å². The van der Waals surface area contributed by atoms with Gasteiger partial charge in [0.05, 0.1) is 9.37 Å². The van der Waals surface area contributed by atoms with Gasteiger partial charge in [-0.3, -0.25) is 0 Å². The summed E-state index contributed by atoms with van der Waals surface area (Å²) in [7, 11) is -3.54. The first-order chi connectivity index (χ1) is 11.4. The molecule has 2 aromatic carbocycles. The molecule has 1 heterocycles. The smallest absolute Gasteiger partial charge is 0.243 e. The van der Waals surface area contributed by atoms with Crippen molar-refractivity contribution in [2.75, 3.05) is 13.1 Å². The van der Waals surface area contributed by atoms with Gasteiger partial charge in [0.15, 0.2) is 11.6 Å². The van der Waals surface area contributed by atoms with Gasteiger partial charge in [-0.05, 0) is 59.1 Å². The van der Waals surface area contributed by atoms with Crippen LogP contribution in [0, 0.1) is 11.6 Å². The zero-order valence-electron chi connectivity index (χ0n) is 12.5. The van der Waals surface area contributed by atoms with Gasteiger partial charge in [0.25, 0.3) is 0 Å². The first-order valence-corrected chi connectivity index (χ1v) is 9.54. The normalized spacial score (nSPS) is 15.6.